The Kier molecular flexibility index (Phi) is 5.05. The van der Waals surface area contributed by atoms with E-state index in [0.29, 0.717) is 37.0 Å². The molecular weight excluding hydrogens is 270 g/mol. The minimum Gasteiger partial charge on any atom is -0.475 e. The SMILES string of the molecule is CC(C)COCCNc1nc(C(=O)O)nc2ccccc12. The molecule has 0 radical (unpaired) electrons. The Balaban J connectivity index is 2.12. The van der Waals surface area contributed by atoms with Crippen molar-refractivity contribution in [3.8, 4) is 0 Å². The molecule has 0 bridgehead atoms. The van der Waals surface area contributed by atoms with Crippen LogP contribution in [0.1, 0.15) is 24.5 Å². The van der Waals surface area contributed by atoms with Crippen LogP contribution in [0.25, 0.3) is 10.9 Å². The van der Waals surface area contributed by atoms with Crippen molar-refractivity contribution in [3.05, 3.63) is 30.1 Å². The molecule has 0 spiro atoms. The number of aromatic nitrogens is 2. The number of nitrogens with zero attached hydrogens (tertiary/aromatic N) is 2. The van der Waals surface area contributed by atoms with E-state index in [0.717, 1.165) is 5.39 Å². The fourth-order valence-electron chi connectivity index (χ4n) is 1.87. The van der Waals surface area contributed by atoms with Gasteiger partial charge in [0.1, 0.15) is 5.82 Å². The second-order valence-corrected chi connectivity index (χ2v) is 5.11. The molecule has 0 aliphatic rings. The zero-order valence-electron chi connectivity index (χ0n) is 12.2. The highest BCUT2D eigenvalue weighted by atomic mass is 16.5. The van der Waals surface area contributed by atoms with Crippen molar-refractivity contribution >= 4 is 22.7 Å². The maximum atomic E-state index is 11.1. The van der Waals surface area contributed by atoms with Gasteiger partial charge in [0, 0.05) is 18.5 Å². The standard InChI is InChI=1S/C15H19N3O3/c1-10(2)9-21-8-7-16-13-11-5-3-4-6-12(11)17-14(18-13)15(19)20/h3-6,10H,7-9H2,1-2H3,(H,19,20)(H,16,17,18). The lowest BCUT2D eigenvalue weighted by Gasteiger charge is -2.10. The normalized spacial score (nSPS) is 11.0. The number of para-hydroxylation sites is 1. The van der Waals surface area contributed by atoms with Crippen molar-refractivity contribution < 1.29 is 14.6 Å². The summed E-state index contributed by atoms with van der Waals surface area (Å²) in [6.45, 7) is 5.98. The molecule has 0 saturated heterocycles. The Morgan fingerprint density at radius 3 is 2.81 bits per heavy atom. The van der Waals surface area contributed by atoms with Crippen LogP contribution in [0.5, 0.6) is 0 Å². The van der Waals surface area contributed by atoms with Crippen molar-refractivity contribution in [1.29, 1.82) is 0 Å². The summed E-state index contributed by atoms with van der Waals surface area (Å²) < 4.78 is 5.48. The first-order chi connectivity index (χ1) is 10.1. The number of nitrogens with one attached hydrogen (secondary N) is 1. The highest BCUT2D eigenvalue weighted by Gasteiger charge is 2.12. The van der Waals surface area contributed by atoms with E-state index in [1.807, 2.05) is 18.2 Å². The molecule has 0 unspecified atom stereocenters. The van der Waals surface area contributed by atoms with Crippen LogP contribution in [0.2, 0.25) is 0 Å². The average molecular weight is 289 g/mol. The maximum Gasteiger partial charge on any atom is 0.374 e. The van der Waals surface area contributed by atoms with Gasteiger partial charge in [-0.3, -0.25) is 0 Å². The number of aromatic carboxylic acids is 1. The number of ether oxygens (including phenoxy) is 1. The minimum atomic E-state index is -1.14. The van der Waals surface area contributed by atoms with Crippen LogP contribution in [0.3, 0.4) is 0 Å². The monoisotopic (exact) mass is 289 g/mol. The van der Waals surface area contributed by atoms with Gasteiger partial charge in [-0.1, -0.05) is 26.0 Å². The van der Waals surface area contributed by atoms with Gasteiger partial charge in [0.2, 0.25) is 5.82 Å². The molecule has 0 saturated carbocycles. The van der Waals surface area contributed by atoms with Crippen molar-refractivity contribution in [1.82, 2.24) is 9.97 Å². The lowest BCUT2D eigenvalue weighted by molar-refractivity contribution is 0.0684. The lowest BCUT2D eigenvalue weighted by Crippen LogP contribution is -2.15. The predicted molar refractivity (Wildman–Crippen MR) is 80.6 cm³/mol. The van der Waals surface area contributed by atoms with Crippen LogP contribution < -0.4 is 5.32 Å². The molecule has 0 aliphatic carbocycles. The molecule has 0 atom stereocenters. The van der Waals surface area contributed by atoms with E-state index in [4.69, 9.17) is 9.84 Å². The van der Waals surface area contributed by atoms with E-state index in [2.05, 4.69) is 29.1 Å². The number of anilines is 1. The molecule has 21 heavy (non-hydrogen) atoms. The van der Waals surface area contributed by atoms with Gasteiger partial charge < -0.3 is 15.2 Å². The largest absolute Gasteiger partial charge is 0.475 e. The van der Waals surface area contributed by atoms with E-state index in [9.17, 15) is 4.79 Å². The number of benzene rings is 1. The highest BCUT2D eigenvalue weighted by molar-refractivity contribution is 5.93. The van der Waals surface area contributed by atoms with Crippen LogP contribution >= 0.6 is 0 Å². The number of hydrogen-bond donors (Lipinski definition) is 2. The van der Waals surface area contributed by atoms with Gasteiger partial charge in [0.25, 0.3) is 0 Å². The second kappa shape index (κ2) is 6.99. The maximum absolute atomic E-state index is 11.1. The van der Waals surface area contributed by atoms with E-state index >= 15 is 0 Å². The molecule has 0 fully saturated rings. The number of carbonyl (C=O) groups is 1. The summed E-state index contributed by atoms with van der Waals surface area (Å²) in [5, 5.41) is 13.0. The summed E-state index contributed by atoms with van der Waals surface area (Å²) in [4.78, 5) is 19.1. The zero-order valence-corrected chi connectivity index (χ0v) is 12.2. The number of carboxylic acids is 1. The third kappa shape index (κ3) is 4.13. The average Bonchev–Trinajstić information content (AvgIpc) is 2.46. The Morgan fingerprint density at radius 2 is 2.10 bits per heavy atom. The van der Waals surface area contributed by atoms with Gasteiger partial charge in [-0.15, -0.1) is 0 Å². The van der Waals surface area contributed by atoms with Gasteiger partial charge >= 0.3 is 5.97 Å². The summed E-state index contributed by atoms with van der Waals surface area (Å²) in [6, 6.07) is 7.31. The zero-order chi connectivity index (χ0) is 15.2. The quantitative estimate of drug-likeness (QED) is 0.761. The Hall–Kier alpha value is -2.21. The number of rotatable bonds is 7. The van der Waals surface area contributed by atoms with Gasteiger partial charge in [-0.25, -0.2) is 14.8 Å². The first-order valence-corrected chi connectivity index (χ1v) is 6.89. The topological polar surface area (TPSA) is 84.3 Å². The smallest absolute Gasteiger partial charge is 0.374 e. The molecule has 2 rings (SSSR count). The summed E-state index contributed by atoms with van der Waals surface area (Å²) in [6.07, 6.45) is 0. The molecule has 2 N–H and O–H groups in total. The van der Waals surface area contributed by atoms with E-state index in [1.165, 1.54) is 0 Å². The summed E-state index contributed by atoms with van der Waals surface area (Å²) >= 11 is 0. The molecule has 112 valence electrons. The van der Waals surface area contributed by atoms with E-state index in [-0.39, 0.29) is 5.82 Å². The summed E-state index contributed by atoms with van der Waals surface area (Å²) in [5.41, 5.74) is 0.607. The first kappa shape index (κ1) is 15.2. The molecule has 1 heterocycles. The molecule has 6 nitrogen and oxygen atoms in total. The van der Waals surface area contributed by atoms with Gasteiger partial charge in [0.05, 0.1) is 12.1 Å². The number of hydrogen-bond acceptors (Lipinski definition) is 5. The van der Waals surface area contributed by atoms with E-state index < -0.39 is 5.97 Å². The van der Waals surface area contributed by atoms with Crippen LogP contribution in [-0.2, 0) is 4.74 Å². The Labute approximate surface area is 123 Å². The van der Waals surface area contributed by atoms with Crippen molar-refractivity contribution in [2.45, 2.75) is 13.8 Å². The minimum absolute atomic E-state index is 0.209. The lowest BCUT2D eigenvalue weighted by atomic mass is 10.2. The number of carboxylic acid groups (broad SMARTS) is 1. The number of fused-ring (bicyclic) bond motifs is 1. The third-order valence-corrected chi connectivity index (χ3v) is 2.78. The summed E-state index contributed by atoms with van der Waals surface area (Å²) in [5.74, 6) is -0.339. The molecular formula is C15H19N3O3. The first-order valence-electron chi connectivity index (χ1n) is 6.89. The summed E-state index contributed by atoms with van der Waals surface area (Å²) in [7, 11) is 0. The van der Waals surface area contributed by atoms with Crippen LogP contribution in [0, 0.1) is 5.92 Å². The third-order valence-electron chi connectivity index (χ3n) is 2.78. The van der Waals surface area contributed by atoms with Gasteiger partial charge in [-0.2, -0.15) is 0 Å². The predicted octanol–water partition coefficient (Wildman–Crippen LogP) is 2.41. The van der Waals surface area contributed by atoms with Crippen molar-refractivity contribution in [2.75, 3.05) is 25.1 Å². The van der Waals surface area contributed by atoms with Crippen molar-refractivity contribution in [2.24, 2.45) is 5.92 Å². The van der Waals surface area contributed by atoms with Crippen LogP contribution in [-0.4, -0.2) is 40.8 Å². The molecule has 0 amide bonds. The van der Waals surface area contributed by atoms with Gasteiger partial charge in [0.15, 0.2) is 0 Å². The molecule has 6 heteroatoms. The molecule has 1 aromatic heterocycles. The van der Waals surface area contributed by atoms with Crippen molar-refractivity contribution in [3.63, 3.8) is 0 Å². The Morgan fingerprint density at radius 1 is 1.33 bits per heavy atom. The van der Waals surface area contributed by atoms with E-state index in [1.54, 1.807) is 6.07 Å². The van der Waals surface area contributed by atoms with Gasteiger partial charge in [-0.05, 0) is 18.1 Å². The highest BCUT2D eigenvalue weighted by Crippen LogP contribution is 2.19. The molecule has 2 aromatic rings. The molecule has 1 aromatic carbocycles. The second-order valence-electron chi connectivity index (χ2n) is 5.11. The molecule has 0 aliphatic heterocycles. The Bertz CT molecular complexity index is 629. The van der Waals surface area contributed by atoms with Crippen LogP contribution in [0.15, 0.2) is 24.3 Å². The fraction of sp³-hybridized carbons (Fsp3) is 0.400. The fourth-order valence-corrected chi connectivity index (χ4v) is 1.87. The van der Waals surface area contributed by atoms with Crippen LogP contribution in [0.4, 0.5) is 5.82 Å².